The molecular weight excluding hydrogens is 456 g/mol. The molecule has 0 radical (unpaired) electrons. The average molecular weight is 467 g/mol. The molecule has 0 aromatic heterocycles. The van der Waals surface area contributed by atoms with Crippen LogP contribution in [0.3, 0.4) is 0 Å². The molecule has 1 aliphatic rings. The maximum absolute atomic E-state index is 12.9. The first-order valence-corrected chi connectivity index (χ1v) is 10.1. The van der Waals surface area contributed by atoms with Crippen molar-refractivity contribution in [3.63, 3.8) is 0 Å². The van der Waals surface area contributed by atoms with E-state index in [-0.39, 0.29) is 45.2 Å². The number of carboxylic acid groups (broad SMARTS) is 1. The van der Waals surface area contributed by atoms with Crippen LogP contribution in [-0.2, 0) is 20.7 Å². The molecule has 0 fully saturated rings. The van der Waals surface area contributed by atoms with Crippen LogP contribution in [0.1, 0.15) is 33.5 Å². The molecule has 29 heavy (non-hydrogen) atoms. The van der Waals surface area contributed by atoms with Gasteiger partial charge in [0.05, 0.1) is 5.56 Å². The van der Waals surface area contributed by atoms with Crippen molar-refractivity contribution >= 4 is 50.6 Å². The van der Waals surface area contributed by atoms with Gasteiger partial charge < -0.3 is 9.29 Å². The lowest BCUT2D eigenvalue weighted by molar-refractivity contribution is -0.0509. The number of aromatic carboxylic acids is 1. The number of carbonyl (C=O) groups is 1. The van der Waals surface area contributed by atoms with Crippen LogP contribution < -0.4 is 0 Å². The molecule has 0 aliphatic heterocycles. The fourth-order valence-corrected chi connectivity index (χ4v) is 3.96. The summed E-state index contributed by atoms with van der Waals surface area (Å²) in [5.41, 5.74) is -4.96. The zero-order valence-electron chi connectivity index (χ0n) is 14.3. The maximum atomic E-state index is 12.9. The average Bonchev–Trinajstić information content (AvgIpc) is 2.61. The summed E-state index contributed by atoms with van der Waals surface area (Å²) in [7, 11) is -5.97. The lowest BCUT2D eigenvalue weighted by Crippen LogP contribution is -2.26. The third kappa shape index (κ3) is 4.22. The van der Waals surface area contributed by atoms with Crippen LogP contribution in [-0.4, -0.2) is 25.0 Å². The van der Waals surface area contributed by atoms with Gasteiger partial charge in [-0.15, -0.1) is 0 Å². The van der Waals surface area contributed by atoms with Gasteiger partial charge in [-0.25, -0.2) is 4.79 Å². The van der Waals surface area contributed by atoms with Crippen molar-refractivity contribution in [3.8, 4) is 0 Å². The Morgan fingerprint density at radius 2 is 1.69 bits per heavy atom. The summed E-state index contributed by atoms with van der Waals surface area (Å²) in [6.07, 6.45) is 0.309. The molecule has 0 bridgehead atoms. The Labute approximate surface area is 173 Å². The minimum atomic E-state index is -5.97. The fraction of sp³-hybridized carbons (Fsp3) is 0.167. The number of fused-ring (bicyclic) bond motifs is 1. The first-order valence-electron chi connectivity index (χ1n) is 7.96. The molecule has 1 N–H and O–H groups in total. The lowest BCUT2D eigenvalue weighted by Gasteiger charge is -2.24. The van der Waals surface area contributed by atoms with Gasteiger partial charge in [0.2, 0.25) is 0 Å². The van der Waals surface area contributed by atoms with Gasteiger partial charge in [0.1, 0.15) is 0 Å². The molecule has 3 rings (SSSR count). The Bertz CT molecular complexity index is 1140. The molecule has 2 aromatic carbocycles. The fourth-order valence-electron chi connectivity index (χ4n) is 2.93. The van der Waals surface area contributed by atoms with Gasteiger partial charge in [-0.1, -0.05) is 35.3 Å². The molecule has 1 aliphatic carbocycles. The summed E-state index contributed by atoms with van der Waals surface area (Å²) in [5, 5.41) is 9.50. The number of hydrogen-bond donors (Lipinski definition) is 1. The van der Waals surface area contributed by atoms with Gasteiger partial charge in [-0.3, -0.25) is 0 Å². The Morgan fingerprint density at radius 1 is 1.03 bits per heavy atom. The highest BCUT2D eigenvalue weighted by Crippen LogP contribution is 2.43. The predicted octanol–water partition coefficient (Wildman–Crippen LogP) is 5.37. The van der Waals surface area contributed by atoms with Gasteiger partial charge in [-0.2, -0.15) is 21.6 Å². The van der Waals surface area contributed by atoms with Crippen molar-refractivity contribution in [2.24, 2.45) is 0 Å². The molecule has 0 atom stereocenters. The molecule has 0 unspecified atom stereocenters. The van der Waals surface area contributed by atoms with E-state index < -0.39 is 27.4 Å². The van der Waals surface area contributed by atoms with E-state index in [0.717, 1.165) is 6.07 Å². The lowest BCUT2D eigenvalue weighted by atomic mass is 9.86. The standard InChI is InChI=1S/C18H11Cl2F3O5S/c19-11-3-6-13(15(20)8-11)14-5-1-9-7-10(17(24)25)2-4-12(9)16(14)28-29(26,27)18(21,22)23/h2-4,6-8H,1,5H2,(H,24,25). The second kappa shape index (κ2) is 7.55. The van der Waals surface area contributed by atoms with E-state index in [4.69, 9.17) is 28.3 Å². The first-order chi connectivity index (χ1) is 13.4. The van der Waals surface area contributed by atoms with Crippen molar-refractivity contribution in [1.29, 1.82) is 0 Å². The summed E-state index contributed by atoms with van der Waals surface area (Å²) in [4.78, 5) is 11.2. The van der Waals surface area contributed by atoms with Crippen LogP contribution in [0.5, 0.6) is 0 Å². The van der Waals surface area contributed by atoms with Gasteiger partial charge in [0, 0.05) is 26.7 Å². The van der Waals surface area contributed by atoms with Crippen LogP contribution in [0.2, 0.25) is 10.0 Å². The quantitative estimate of drug-likeness (QED) is 0.483. The summed E-state index contributed by atoms with van der Waals surface area (Å²) < 4.78 is 66.7. The summed E-state index contributed by atoms with van der Waals surface area (Å²) >= 11 is 12.0. The summed E-state index contributed by atoms with van der Waals surface area (Å²) in [5.74, 6) is -1.78. The smallest absolute Gasteiger partial charge is 0.478 e. The monoisotopic (exact) mass is 466 g/mol. The van der Waals surface area contributed by atoms with Crippen LogP contribution in [0.25, 0.3) is 11.3 Å². The van der Waals surface area contributed by atoms with E-state index >= 15 is 0 Å². The van der Waals surface area contributed by atoms with Crippen LogP contribution in [0.4, 0.5) is 13.2 Å². The number of aryl methyl sites for hydroxylation is 1. The number of allylic oxidation sites excluding steroid dienone is 1. The minimum absolute atomic E-state index is 0.0371. The van der Waals surface area contributed by atoms with Crippen molar-refractivity contribution in [2.45, 2.75) is 18.3 Å². The summed E-state index contributed by atoms with van der Waals surface area (Å²) in [6.45, 7) is 0. The number of hydrogen-bond acceptors (Lipinski definition) is 4. The molecular formula is C18H11Cl2F3O5S. The third-order valence-corrected chi connectivity index (χ3v) is 5.75. The first kappa shape index (κ1) is 21.5. The summed E-state index contributed by atoms with van der Waals surface area (Å²) in [6, 6.07) is 7.89. The number of carboxylic acids is 1. The molecule has 11 heteroatoms. The Hall–Kier alpha value is -2.23. The van der Waals surface area contributed by atoms with Gasteiger partial charge in [0.15, 0.2) is 5.76 Å². The van der Waals surface area contributed by atoms with E-state index in [2.05, 4.69) is 4.18 Å². The number of alkyl halides is 3. The van der Waals surface area contributed by atoms with E-state index in [1.165, 1.54) is 30.3 Å². The third-order valence-electron chi connectivity index (χ3n) is 4.25. The van der Waals surface area contributed by atoms with E-state index in [1.807, 2.05) is 0 Å². The topological polar surface area (TPSA) is 80.7 Å². The molecule has 0 saturated heterocycles. The van der Waals surface area contributed by atoms with Crippen LogP contribution in [0, 0.1) is 0 Å². The number of halogens is 5. The van der Waals surface area contributed by atoms with E-state index in [1.54, 1.807) is 0 Å². The maximum Gasteiger partial charge on any atom is 0.534 e. The van der Waals surface area contributed by atoms with Crippen molar-refractivity contribution in [1.82, 2.24) is 0 Å². The largest absolute Gasteiger partial charge is 0.534 e. The van der Waals surface area contributed by atoms with E-state index in [0.29, 0.717) is 5.56 Å². The highest BCUT2D eigenvalue weighted by molar-refractivity contribution is 7.87. The van der Waals surface area contributed by atoms with Crippen LogP contribution in [0.15, 0.2) is 36.4 Å². The second-order valence-corrected chi connectivity index (χ2v) is 8.47. The molecule has 5 nitrogen and oxygen atoms in total. The Kier molecular flexibility index (Phi) is 5.59. The molecule has 0 amide bonds. The molecule has 154 valence electrons. The van der Waals surface area contributed by atoms with Crippen molar-refractivity contribution < 1.29 is 35.7 Å². The molecule has 2 aromatic rings. The van der Waals surface area contributed by atoms with Gasteiger partial charge in [0.25, 0.3) is 0 Å². The van der Waals surface area contributed by atoms with Crippen LogP contribution >= 0.6 is 23.2 Å². The Morgan fingerprint density at radius 3 is 2.28 bits per heavy atom. The van der Waals surface area contributed by atoms with Crippen molar-refractivity contribution in [2.75, 3.05) is 0 Å². The second-order valence-electron chi connectivity index (χ2n) is 6.09. The SMILES string of the molecule is O=C(O)c1ccc2c(c1)CCC(c1ccc(Cl)cc1Cl)=C2OS(=O)(=O)C(F)(F)F. The normalized spacial score (nSPS) is 14.5. The molecule has 0 saturated carbocycles. The highest BCUT2D eigenvalue weighted by atomic mass is 35.5. The predicted molar refractivity (Wildman–Crippen MR) is 101 cm³/mol. The van der Waals surface area contributed by atoms with Crippen molar-refractivity contribution in [3.05, 3.63) is 68.7 Å². The Balaban J connectivity index is 2.25. The number of rotatable bonds is 4. The zero-order chi connectivity index (χ0) is 21.6. The highest BCUT2D eigenvalue weighted by Gasteiger charge is 2.49. The number of benzene rings is 2. The van der Waals surface area contributed by atoms with Gasteiger partial charge >= 0.3 is 21.6 Å². The van der Waals surface area contributed by atoms with Gasteiger partial charge in [-0.05, 0) is 42.7 Å². The molecule has 0 spiro atoms. The zero-order valence-corrected chi connectivity index (χ0v) is 16.6. The minimum Gasteiger partial charge on any atom is -0.478 e. The van der Waals surface area contributed by atoms with E-state index in [9.17, 15) is 26.4 Å². The molecule has 0 heterocycles.